The zero-order valence-electron chi connectivity index (χ0n) is 13.6. The number of para-hydroxylation sites is 3. The number of thiophene rings is 1. The van der Waals surface area contributed by atoms with Crippen molar-refractivity contribution in [3.63, 3.8) is 0 Å². The maximum Gasteiger partial charge on any atom is 0.183 e. The minimum Gasteiger partial charge on any atom is -0.292 e. The Morgan fingerprint density at radius 2 is 1.77 bits per heavy atom. The number of Topliss-reactive ketones (excluding diaryl/α,β-unsaturated/α-hetero) is 1. The Labute approximate surface area is 157 Å². The molecular formula is C20H13N3OS2. The van der Waals surface area contributed by atoms with Gasteiger partial charge in [-0.2, -0.15) is 0 Å². The molecule has 126 valence electrons. The topological polar surface area (TPSA) is 47.3 Å². The van der Waals surface area contributed by atoms with Crippen molar-refractivity contribution in [2.75, 3.05) is 5.75 Å². The van der Waals surface area contributed by atoms with Crippen LogP contribution in [0.2, 0.25) is 0 Å². The molecule has 0 amide bonds. The van der Waals surface area contributed by atoms with E-state index in [-0.39, 0.29) is 5.78 Å². The molecule has 0 aliphatic rings. The SMILES string of the molecule is O=C(CSc1nc2ccccc2c2nc3ccccc3n12)c1cccs1. The first-order valence-electron chi connectivity index (χ1n) is 8.17. The normalized spacial score (nSPS) is 11.5. The lowest BCUT2D eigenvalue weighted by Crippen LogP contribution is -2.03. The van der Waals surface area contributed by atoms with E-state index in [9.17, 15) is 4.79 Å². The second kappa shape index (κ2) is 6.23. The van der Waals surface area contributed by atoms with E-state index in [1.54, 1.807) is 0 Å². The number of nitrogens with zero attached hydrogens (tertiary/aromatic N) is 3. The van der Waals surface area contributed by atoms with Crippen LogP contribution >= 0.6 is 23.1 Å². The zero-order chi connectivity index (χ0) is 17.5. The molecule has 3 aromatic heterocycles. The molecule has 0 saturated carbocycles. The summed E-state index contributed by atoms with van der Waals surface area (Å²) in [6.45, 7) is 0. The summed E-state index contributed by atoms with van der Waals surface area (Å²) in [5.74, 6) is 0.477. The predicted octanol–water partition coefficient (Wildman–Crippen LogP) is 5.07. The highest BCUT2D eigenvalue weighted by atomic mass is 32.2. The fourth-order valence-corrected chi connectivity index (χ4v) is 4.70. The third-order valence-electron chi connectivity index (χ3n) is 4.24. The number of fused-ring (bicyclic) bond motifs is 5. The summed E-state index contributed by atoms with van der Waals surface area (Å²) in [6.07, 6.45) is 0. The van der Waals surface area contributed by atoms with Gasteiger partial charge in [-0.15, -0.1) is 11.3 Å². The summed E-state index contributed by atoms with van der Waals surface area (Å²) in [5.41, 5.74) is 3.70. The maximum absolute atomic E-state index is 12.4. The van der Waals surface area contributed by atoms with Gasteiger partial charge in [-0.3, -0.25) is 9.20 Å². The molecule has 0 aliphatic carbocycles. The van der Waals surface area contributed by atoms with E-state index in [2.05, 4.69) is 4.40 Å². The second-order valence-corrected chi connectivity index (χ2v) is 7.75. The Balaban J connectivity index is 1.68. The Morgan fingerprint density at radius 3 is 2.62 bits per heavy atom. The van der Waals surface area contributed by atoms with Crippen molar-refractivity contribution in [3.05, 3.63) is 70.9 Å². The highest BCUT2D eigenvalue weighted by molar-refractivity contribution is 7.99. The fourth-order valence-electron chi connectivity index (χ4n) is 3.05. The molecule has 0 unspecified atom stereocenters. The van der Waals surface area contributed by atoms with Gasteiger partial charge in [0, 0.05) is 5.39 Å². The highest BCUT2D eigenvalue weighted by Crippen LogP contribution is 2.29. The van der Waals surface area contributed by atoms with Crippen molar-refractivity contribution in [1.29, 1.82) is 0 Å². The summed E-state index contributed by atoms with van der Waals surface area (Å²) in [4.78, 5) is 22.8. The Hall–Kier alpha value is -2.70. The van der Waals surface area contributed by atoms with E-state index in [4.69, 9.17) is 9.97 Å². The van der Waals surface area contributed by atoms with E-state index in [0.29, 0.717) is 5.75 Å². The number of carbonyl (C=O) groups excluding carboxylic acids is 1. The Morgan fingerprint density at radius 1 is 0.962 bits per heavy atom. The first kappa shape index (κ1) is 15.5. The van der Waals surface area contributed by atoms with Crippen molar-refractivity contribution < 1.29 is 4.79 Å². The minimum atomic E-state index is 0.123. The number of aromatic nitrogens is 3. The molecule has 0 saturated heterocycles. The summed E-state index contributed by atoms with van der Waals surface area (Å²) in [5, 5.41) is 3.73. The zero-order valence-corrected chi connectivity index (χ0v) is 15.3. The standard InChI is InChI=1S/C20H13N3OS2/c24-17(18-10-5-11-25-18)12-26-20-22-14-7-2-1-6-13(14)19-21-15-8-3-4-9-16(15)23(19)20/h1-11H,12H2. The molecule has 3 heterocycles. The summed E-state index contributed by atoms with van der Waals surface area (Å²) >= 11 is 2.93. The summed E-state index contributed by atoms with van der Waals surface area (Å²) in [7, 11) is 0. The van der Waals surface area contributed by atoms with E-state index >= 15 is 0 Å². The monoisotopic (exact) mass is 375 g/mol. The van der Waals surface area contributed by atoms with Gasteiger partial charge in [0.2, 0.25) is 0 Å². The lowest BCUT2D eigenvalue weighted by molar-refractivity contribution is 0.102. The lowest BCUT2D eigenvalue weighted by atomic mass is 10.2. The van der Waals surface area contributed by atoms with Crippen LogP contribution < -0.4 is 0 Å². The molecule has 5 rings (SSSR count). The molecule has 0 fully saturated rings. The largest absolute Gasteiger partial charge is 0.292 e. The molecule has 5 aromatic rings. The van der Waals surface area contributed by atoms with Crippen LogP contribution in [0.3, 0.4) is 0 Å². The van der Waals surface area contributed by atoms with Gasteiger partial charge in [0.1, 0.15) is 5.65 Å². The van der Waals surface area contributed by atoms with Gasteiger partial charge < -0.3 is 0 Å². The number of imidazole rings is 1. The van der Waals surface area contributed by atoms with Crippen LogP contribution in [-0.4, -0.2) is 25.9 Å². The van der Waals surface area contributed by atoms with Crippen molar-refractivity contribution in [1.82, 2.24) is 14.4 Å². The first-order chi connectivity index (χ1) is 12.8. The third-order valence-corrected chi connectivity index (χ3v) is 6.09. The van der Waals surface area contributed by atoms with Crippen molar-refractivity contribution in [3.8, 4) is 0 Å². The van der Waals surface area contributed by atoms with Gasteiger partial charge in [0.25, 0.3) is 0 Å². The van der Waals surface area contributed by atoms with E-state index < -0.39 is 0 Å². The van der Waals surface area contributed by atoms with Crippen LogP contribution in [0, 0.1) is 0 Å². The van der Waals surface area contributed by atoms with E-state index in [1.807, 2.05) is 66.0 Å². The van der Waals surface area contributed by atoms with Gasteiger partial charge in [-0.25, -0.2) is 9.97 Å². The number of benzene rings is 2. The number of hydrogen-bond acceptors (Lipinski definition) is 5. The average molecular weight is 375 g/mol. The van der Waals surface area contributed by atoms with Crippen molar-refractivity contribution >= 4 is 56.5 Å². The smallest absolute Gasteiger partial charge is 0.183 e. The third kappa shape index (κ3) is 2.50. The van der Waals surface area contributed by atoms with Crippen LogP contribution in [0.4, 0.5) is 0 Å². The molecule has 26 heavy (non-hydrogen) atoms. The minimum absolute atomic E-state index is 0.123. The molecule has 4 nitrogen and oxygen atoms in total. The number of carbonyl (C=O) groups is 1. The second-order valence-electron chi connectivity index (χ2n) is 5.86. The molecule has 0 radical (unpaired) electrons. The molecule has 0 N–H and O–H groups in total. The van der Waals surface area contributed by atoms with Gasteiger partial charge in [-0.1, -0.05) is 42.1 Å². The maximum atomic E-state index is 12.4. The van der Waals surface area contributed by atoms with Crippen molar-refractivity contribution in [2.24, 2.45) is 0 Å². The molecule has 0 atom stereocenters. The van der Waals surface area contributed by atoms with Gasteiger partial charge in [0.05, 0.1) is 27.2 Å². The summed E-state index contributed by atoms with van der Waals surface area (Å²) < 4.78 is 2.06. The highest BCUT2D eigenvalue weighted by Gasteiger charge is 2.15. The van der Waals surface area contributed by atoms with E-state index in [1.165, 1.54) is 23.1 Å². The molecule has 0 bridgehead atoms. The van der Waals surface area contributed by atoms with Gasteiger partial charge in [0.15, 0.2) is 10.9 Å². The number of hydrogen-bond donors (Lipinski definition) is 0. The van der Waals surface area contributed by atoms with Crippen LogP contribution in [0.15, 0.2) is 71.2 Å². The molecule has 0 spiro atoms. The molecule has 2 aromatic carbocycles. The number of ketones is 1. The van der Waals surface area contributed by atoms with Gasteiger partial charge >= 0.3 is 0 Å². The number of rotatable bonds is 4. The number of thioether (sulfide) groups is 1. The van der Waals surface area contributed by atoms with Crippen LogP contribution in [0.25, 0.3) is 27.6 Å². The molecular weight excluding hydrogens is 362 g/mol. The first-order valence-corrected chi connectivity index (χ1v) is 10.0. The quantitative estimate of drug-likeness (QED) is 0.250. The van der Waals surface area contributed by atoms with Crippen molar-refractivity contribution in [2.45, 2.75) is 5.16 Å². The molecule has 0 aliphatic heterocycles. The Bertz CT molecular complexity index is 1260. The predicted molar refractivity (Wildman–Crippen MR) is 107 cm³/mol. The van der Waals surface area contributed by atoms with E-state index in [0.717, 1.165) is 37.6 Å². The Kier molecular flexibility index (Phi) is 3.72. The fraction of sp³-hybridized carbons (Fsp3) is 0.0500. The molecule has 6 heteroatoms. The average Bonchev–Trinajstić information content (AvgIpc) is 3.34. The van der Waals surface area contributed by atoms with Crippen LogP contribution in [-0.2, 0) is 0 Å². The lowest BCUT2D eigenvalue weighted by Gasteiger charge is -2.07. The summed E-state index contributed by atoms with van der Waals surface area (Å²) in [6, 6.07) is 19.8. The van der Waals surface area contributed by atoms with Crippen LogP contribution in [0.5, 0.6) is 0 Å². The van der Waals surface area contributed by atoms with Gasteiger partial charge in [-0.05, 0) is 35.7 Å². The van der Waals surface area contributed by atoms with Crippen LogP contribution in [0.1, 0.15) is 9.67 Å².